The average Bonchev–Trinajstić information content (AvgIpc) is 2.03. The maximum atomic E-state index is 12.2. The van der Waals surface area contributed by atoms with E-state index in [1.165, 1.54) is 6.07 Å². The lowest BCUT2D eigenvalue weighted by Crippen LogP contribution is -2.29. The Kier molecular flexibility index (Phi) is 3.25. The van der Waals surface area contributed by atoms with Crippen molar-refractivity contribution >= 4 is 24.2 Å². The van der Waals surface area contributed by atoms with Crippen molar-refractivity contribution < 1.29 is 18.8 Å². The summed E-state index contributed by atoms with van der Waals surface area (Å²) in [5.41, 5.74) is -0.222. The fraction of sp³-hybridized carbons (Fsp3) is 0.143. The van der Waals surface area contributed by atoms with E-state index >= 15 is 0 Å². The number of halogens is 3. The van der Waals surface area contributed by atoms with Crippen LogP contribution in [0.5, 0.6) is 0 Å². The van der Waals surface area contributed by atoms with Gasteiger partial charge in [0, 0.05) is 10.6 Å². The first-order chi connectivity index (χ1) is 6.02. The van der Waals surface area contributed by atoms with E-state index in [-0.39, 0.29) is 16.0 Å². The third-order valence-corrected chi connectivity index (χ3v) is 1.89. The lowest BCUT2D eigenvalue weighted by atomic mass is 9.80. The van der Waals surface area contributed by atoms with Gasteiger partial charge in [0.15, 0.2) is 0 Å². The van der Waals surface area contributed by atoms with Gasteiger partial charge in [-0.05, 0) is 11.5 Å². The van der Waals surface area contributed by atoms with Gasteiger partial charge in [-0.1, -0.05) is 23.7 Å². The summed E-state index contributed by atoms with van der Waals surface area (Å²) in [4.78, 5) is 0. The van der Waals surface area contributed by atoms with Gasteiger partial charge in [0.2, 0.25) is 0 Å². The zero-order chi connectivity index (χ0) is 10.0. The van der Waals surface area contributed by atoms with Crippen LogP contribution in [-0.2, 0) is 0 Å². The normalized spacial score (nSPS) is 10.6. The molecule has 0 atom stereocenters. The van der Waals surface area contributed by atoms with Gasteiger partial charge in [0.05, 0.1) is 0 Å². The Hall–Kier alpha value is -0.645. The predicted octanol–water partition coefficient (Wildman–Crippen LogP) is 0.957. The standard InChI is InChI=1S/C7H6BClF2O2/c9-6-3-4(8(12)13)1-2-5(6)7(10)11/h1-3,7,12-13H. The summed E-state index contributed by atoms with van der Waals surface area (Å²) >= 11 is 5.47. The largest absolute Gasteiger partial charge is 0.488 e. The number of rotatable bonds is 2. The molecule has 2 N–H and O–H groups in total. The zero-order valence-electron chi connectivity index (χ0n) is 6.42. The molecular formula is C7H6BClF2O2. The molecule has 0 aliphatic heterocycles. The van der Waals surface area contributed by atoms with Crippen LogP contribution in [0.15, 0.2) is 18.2 Å². The topological polar surface area (TPSA) is 40.5 Å². The van der Waals surface area contributed by atoms with Crippen molar-refractivity contribution in [1.29, 1.82) is 0 Å². The van der Waals surface area contributed by atoms with Crippen LogP contribution in [0.25, 0.3) is 0 Å². The van der Waals surface area contributed by atoms with Crippen LogP contribution in [-0.4, -0.2) is 17.2 Å². The van der Waals surface area contributed by atoms with Crippen LogP contribution in [0, 0.1) is 0 Å². The van der Waals surface area contributed by atoms with Gasteiger partial charge < -0.3 is 10.0 Å². The molecule has 0 bridgehead atoms. The Bertz CT molecular complexity index is 307. The summed E-state index contributed by atoms with van der Waals surface area (Å²) in [6, 6.07) is 3.37. The van der Waals surface area contributed by atoms with E-state index in [1.54, 1.807) is 0 Å². The lowest BCUT2D eigenvalue weighted by Gasteiger charge is -2.05. The van der Waals surface area contributed by atoms with Crippen molar-refractivity contribution in [2.45, 2.75) is 6.43 Å². The molecule has 13 heavy (non-hydrogen) atoms. The van der Waals surface area contributed by atoms with Crippen molar-refractivity contribution in [2.75, 3.05) is 0 Å². The van der Waals surface area contributed by atoms with Crippen LogP contribution < -0.4 is 5.46 Å². The first kappa shape index (κ1) is 10.4. The molecule has 2 nitrogen and oxygen atoms in total. The van der Waals surface area contributed by atoms with Crippen LogP contribution in [0.3, 0.4) is 0 Å². The summed E-state index contributed by atoms with van der Waals surface area (Å²) in [5, 5.41) is 17.2. The molecule has 0 aromatic heterocycles. The summed E-state index contributed by atoms with van der Waals surface area (Å²) in [5.74, 6) is 0. The van der Waals surface area contributed by atoms with Crippen molar-refractivity contribution in [3.63, 3.8) is 0 Å². The van der Waals surface area contributed by atoms with Crippen molar-refractivity contribution in [1.82, 2.24) is 0 Å². The van der Waals surface area contributed by atoms with Crippen LogP contribution >= 0.6 is 11.6 Å². The van der Waals surface area contributed by atoms with Gasteiger partial charge in [-0.25, -0.2) is 8.78 Å². The average molecular weight is 206 g/mol. The lowest BCUT2D eigenvalue weighted by molar-refractivity contribution is 0.151. The zero-order valence-corrected chi connectivity index (χ0v) is 7.17. The molecule has 0 saturated carbocycles. The summed E-state index contributed by atoms with van der Waals surface area (Å²) in [6.07, 6.45) is -2.66. The molecule has 0 heterocycles. The van der Waals surface area contributed by atoms with Crippen molar-refractivity contribution in [3.8, 4) is 0 Å². The number of alkyl halides is 2. The van der Waals surface area contributed by atoms with E-state index in [0.29, 0.717) is 0 Å². The van der Waals surface area contributed by atoms with E-state index in [2.05, 4.69) is 0 Å². The molecule has 1 aromatic carbocycles. The van der Waals surface area contributed by atoms with Gasteiger partial charge in [-0.3, -0.25) is 0 Å². The maximum absolute atomic E-state index is 12.2. The molecule has 0 fully saturated rings. The van der Waals surface area contributed by atoms with Crippen LogP contribution in [0.4, 0.5) is 8.78 Å². The second kappa shape index (κ2) is 4.04. The van der Waals surface area contributed by atoms with Crippen molar-refractivity contribution in [3.05, 3.63) is 28.8 Å². The minimum absolute atomic E-state index is 0.0920. The quantitative estimate of drug-likeness (QED) is 0.708. The molecule has 70 valence electrons. The Morgan fingerprint density at radius 1 is 1.31 bits per heavy atom. The highest BCUT2D eigenvalue weighted by Gasteiger charge is 2.16. The molecule has 1 aromatic rings. The molecule has 6 heteroatoms. The monoisotopic (exact) mass is 206 g/mol. The summed E-state index contributed by atoms with van der Waals surface area (Å²) in [6.45, 7) is 0. The fourth-order valence-electron chi connectivity index (χ4n) is 0.881. The Labute approximate surface area is 78.9 Å². The highest BCUT2D eigenvalue weighted by atomic mass is 35.5. The van der Waals surface area contributed by atoms with Gasteiger partial charge in [0.1, 0.15) is 0 Å². The molecular weight excluding hydrogens is 200 g/mol. The van der Waals surface area contributed by atoms with E-state index in [1.807, 2.05) is 0 Å². The first-order valence-corrected chi connectivity index (χ1v) is 3.84. The highest BCUT2D eigenvalue weighted by Crippen LogP contribution is 2.25. The Morgan fingerprint density at radius 3 is 2.31 bits per heavy atom. The maximum Gasteiger partial charge on any atom is 0.488 e. The van der Waals surface area contributed by atoms with Gasteiger partial charge >= 0.3 is 7.12 Å². The first-order valence-electron chi connectivity index (χ1n) is 3.46. The SMILES string of the molecule is OB(O)c1ccc(C(F)F)c(Cl)c1. The third kappa shape index (κ3) is 2.40. The van der Waals surface area contributed by atoms with Gasteiger partial charge in [-0.15, -0.1) is 0 Å². The Morgan fingerprint density at radius 2 is 1.92 bits per heavy atom. The molecule has 0 aliphatic carbocycles. The highest BCUT2D eigenvalue weighted by molar-refractivity contribution is 6.59. The molecule has 0 saturated heterocycles. The van der Waals surface area contributed by atoms with Crippen LogP contribution in [0.2, 0.25) is 5.02 Å². The summed E-state index contributed by atoms with van der Waals surface area (Å²) in [7, 11) is -1.69. The second-order valence-corrected chi connectivity index (χ2v) is 2.86. The molecule has 0 unspecified atom stereocenters. The third-order valence-electron chi connectivity index (χ3n) is 1.56. The number of hydrogen-bond acceptors (Lipinski definition) is 2. The summed E-state index contributed by atoms with van der Waals surface area (Å²) < 4.78 is 24.3. The van der Waals surface area contributed by atoms with Gasteiger partial charge in [0.25, 0.3) is 6.43 Å². The Balaban J connectivity index is 3.06. The molecule has 0 radical (unpaired) electrons. The van der Waals surface area contributed by atoms with Gasteiger partial charge in [-0.2, -0.15) is 0 Å². The van der Waals surface area contributed by atoms with Crippen molar-refractivity contribution in [2.24, 2.45) is 0 Å². The van der Waals surface area contributed by atoms with E-state index < -0.39 is 13.5 Å². The molecule has 1 rings (SSSR count). The van der Waals surface area contributed by atoms with E-state index in [9.17, 15) is 8.78 Å². The number of hydrogen-bond donors (Lipinski definition) is 2. The minimum atomic E-state index is -2.66. The van der Waals surface area contributed by atoms with Crippen LogP contribution in [0.1, 0.15) is 12.0 Å². The van der Waals surface area contributed by atoms with E-state index in [4.69, 9.17) is 21.6 Å². The predicted molar refractivity (Wildman–Crippen MR) is 46.2 cm³/mol. The molecule has 0 spiro atoms. The molecule has 0 aliphatic rings. The minimum Gasteiger partial charge on any atom is -0.423 e. The molecule has 0 amide bonds. The second-order valence-electron chi connectivity index (χ2n) is 2.46. The fourth-order valence-corrected chi connectivity index (χ4v) is 1.15. The van der Waals surface area contributed by atoms with E-state index in [0.717, 1.165) is 12.1 Å². The number of benzene rings is 1. The smallest absolute Gasteiger partial charge is 0.423 e.